The number of benzene rings is 1. The molecule has 0 atom stereocenters. The number of carbonyl (C=O) groups excluding carboxylic acids is 1. The van der Waals surface area contributed by atoms with Crippen molar-refractivity contribution in [3.63, 3.8) is 0 Å². The lowest BCUT2D eigenvalue weighted by atomic mass is 9.94. The molecule has 3 heterocycles. The van der Waals surface area contributed by atoms with Gasteiger partial charge in [0, 0.05) is 35.9 Å². The van der Waals surface area contributed by atoms with Crippen LogP contribution in [0.5, 0.6) is 0 Å². The van der Waals surface area contributed by atoms with E-state index in [0.29, 0.717) is 23.7 Å². The summed E-state index contributed by atoms with van der Waals surface area (Å²) in [5, 5.41) is 0.498. The fraction of sp³-hybridized carbons (Fsp3) is 0.375. The minimum absolute atomic E-state index is 0.0637. The van der Waals surface area contributed by atoms with Crippen molar-refractivity contribution in [1.29, 1.82) is 0 Å². The van der Waals surface area contributed by atoms with Gasteiger partial charge in [-0.1, -0.05) is 6.07 Å². The Morgan fingerprint density at radius 1 is 1.09 bits per heavy atom. The summed E-state index contributed by atoms with van der Waals surface area (Å²) in [5.74, 6) is 0.324. The lowest BCUT2D eigenvalue weighted by Gasteiger charge is -2.25. The van der Waals surface area contributed by atoms with Gasteiger partial charge < -0.3 is 4.90 Å². The summed E-state index contributed by atoms with van der Waals surface area (Å²) >= 11 is 0. The highest BCUT2D eigenvalue weighted by Gasteiger charge is 2.54. The highest BCUT2D eigenvalue weighted by atomic mass is 32.2. The molecule has 1 saturated carbocycles. The van der Waals surface area contributed by atoms with Gasteiger partial charge in [-0.25, -0.2) is 18.1 Å². The largest absolute Gasteiger partial charge is 0.356 e. The number of fused-ring (bicyclic) bond motifs is 1. The first-order valence-electron chi connectivity index (χ1n) is 11.0. The van der Waals surface area contributed by atoms with Crippen LogP contribution in [-0.4, -0.2) is 37.4 Å². The van der Waals surface area contributed by atoms with Crippen LogP contribution in [0, 0.1) is 13.8 Å². The smallest absolute Gasteiger partial charge is 0.264 e. The molecule has 1 saturated heterocycles. The topological polar surface area (TPSA) is 92.3 Å². The van der Waals surface area contributed by atoms with E-state index in [2.05, 4.69) is 19.6 Å². The predicted octanol–water partition coefficient (Wildman–Crippen LogP) is 3.38. The number of pyridine rings is 2. The van der Waals surface area contributed by atoms with Gasteiger partial charge in [-0.15, -0.1) is 0 Å². The maximum atomic E-state index is 13.4. The zero-order chi connectivity index (χ0) is 22.5. The number of sulfonamides is 1. The fourth-order valence-electron chi connectivity index (χ4n) is 4.58. The number of aromatic nitrogens is 2. The average Bonchev–Trinajstić information content (AvgIpc) is 3.40. The highest BCUT2D eigenvalue weighted by Crippen LogP contribution is 2.51. The van der Waals surface area contributed by atoms with Crippen LogP contribution in [0.1, 0.15) is 42.5 Å². The molecule has 166 valence electrons. The summed E-state index contributed by atoms with van der Waals surface area (Å²) in [6.07, 6.45) is 5.22. The Balaban J connectivity index is 1.50. The van der Waals surface area contributed by atoms with Gasteiger partial charge in [0.05, 0.1) is 15.8 Å². The van der Waals surface area contributed by atoms with Crippen LogP contribution in [0.15, 0.2) is 47.5 Å². The number of nitrogens with zero attached hydrogens (tertiary/aromatic N) is 3. The standard InChI is InChI=1S/C24H26N4O3S/c1-16-14-19(22(25-15-16)28-12-3-4-13-28)24(10-11-24)23(29)27-32(30,31)21-7-5-6-20-18(21)9-8-17(2)26-20/h5-9,14-15H,3-4,10-13H2,1-2H3,(H,27,29). The number of rotatable bonds is 5. The molecule has 7 nitrogen and oxygen atoms in total. The van der Waals surface area contributed by atoms with Gasteiger partial charge in [0.2, 0.25) is 5.91 Å². The third-order valence-corrected chi connectivity index (χ3v) is 7.85. The predicted molar refractivity (Wildman–Crippen MR) is 123 cm³/mol. The molecule has 5 rings (SSSR count). The van der Waals surface area contributed by atoms with Crippen molar-refractivity contribution in [1.82, 2.24) is 14.7 Å². The molecule has 3 aromatic rings. The molecule has 2 fully saturated rings. The maximum Gasteiger partial charge on any atom is 0.264 e. The third-order valence-electron chi connectivity index (χ3n) is 6.46. The van der Waals surface area contributed by atoms with E-state index >= 15 is 0 Å². The van der Waals surface area contributed by atoms with Crippen molar-refractivity contribution >= 4 is 32.7 Å². The number of amides is 1. The minimum Gasteiger partial charge on any atom is -0.356 e. The number of carbonyl (C=O) groups is 1. The van der Waals surface area contributed by atoms with E-state index in [-0.39, 0.29) is 4.90 Å². The molecule has 0 unspecified atom stereocenters. The summed E-state index contributed by atoms with van der Waals surface area (Å²) in [5.41, 5.74) is 2.32. The van der Waals surface area contributed by atoms with Gasteiger partial charge in [0.15, 0.2) is 0 Å². The first-order valence-corrected chi connectivity index (χ1v) is 12.4. The molecular weight excluding hydrogens is 424 g/mol. The number of aryl methyl sites for hydroxylation is 2. The second-order valence-electron chi connectivity index (χ2n) is 8.87. The molecule has 1 amide bonds. The Morgan fingerprint density at radius 2 is 1.84 bits per heavy atom. The van der Waals surface area contributed by atoms with E-state index in [9.17, 15) is 13.2 Å². The molecule has 2 aliphatic rings. The lowest BCUT2D eigenvalue weighted by molar-refractivity contribution is -0.121. The van der Waals surface area contributed by atoms with Crippen LogP contribution >= 0.6 is 0 Å². The van der Waals surface area contributed by atoms with E-state index in [1.807, 2.05) is 26.1 Å². The Hall–Kier alpha value is -3.00. The quantitative estimate of drug-likeness (QED) is 0.641. The van der Waals surface area contributed by atoms with E-state index in [1.54, 1.807) is 24.3 Å². The highest BCUT2D eigenvalue weighted by molar-refractivity contribution is 7.90. The van der Waals surface area contributed by atoms with E-state index in [4.69, 9.17) is 0 Å². The average molecular weight is 451 g/mol. The minimum atomic E-state index is -4.07. The summed E-state index contributed by atoms with van der Waals surface area (Å²) < 4.78 is 28.9. The number of nitrogens with one attached hydrogen (secondary N) is 1. The summed E-state index contributed by atoms with van der Waals surface area (Å²) in [7, 11) is -4.07. The number of hydrogen-bond acceptors (Lipinski definition) is 6. The Kier molecular flexibility index (Phi) is 4.93. The van der Waals surface area contributed by atoms with E-state index in [0.717, 1.165) is 48.6 Å². The monoisotopic (exact) mass is 450 g/mol. The van der Waals surface area contributed by atoms with Crippen molar-refractivity contribution in [2.24, 2.45) is 0 Å². The van der Waals surface area contributed by atoms with Crippen molar-refractivity contribution < 1.29 is 13.2 Å². The van der Waals surface area contributed by atoms with Gasteiger partial charge in [-0.05, 0) is 75.4 Å². The first kappa shape index (κ1) is 20.9. The van der Waals surface area contributed by atoms with Crippen LogP contribution < -0.4 is 9.62 Å². The Labute approximate surface area is 187 Å². The van der Waals surface area contributed by atoms with Crippen molar-refractivity contribution in [3.8, 4) is 0 Å². The summed E-state index contributed by atoms with van der Waals surface area (Å²) in [6.45, 7) is 5.61. The van der Waals surface area contributed by atoms with E-state index < -0.39 is 21.3 Å². The SMILES string of the molecule is Cc1cnc(N2CCCC2)c(C2(C(=O)NS(=O)(=O)c3cccc4nc(C)ccc34)CC2)c1. The lowest BCUT2D eigenvalue weighted by Crippen LogP contribution is -2.40. The molecule has 1 aliphatic carbocycles. The number of hydrogen-bond donors (Lipinski definition) is 1. The molecule has 1 aromatic carbocycles. The fourth-order valence-corrected chi connectivity index (χ4v) is 5.85. The molecule has 32 heavy (non-hydrogen) atoms. The maximum absolute atomic E-state index is 13.4. The molecule has 0 spiro atoms. The summed E-state index contributed by atoms with van der Waals surface area (Å²) in [6, 6.07) is 10.4. The van der Waals surface area contributed by atoms with Crippen LogP contribution in [0.3, 0.4) is 0 Å². The Bertz CT molecular complexity index is 1330. The first-order chi connectivity index (χ1) is 15.3. The molecule has 1 aliphatic heterocycles. The zero-order valence-corrected chi connectivity index (χ0v) is 19.1. The molecule has 2 aromatic heterocycles. The van der Waals surface area contributed by atoms with Crippen LogP contribution in [0.25, 0.3) is 10.9 Å². The van der Waals surface area contributed by atoms with Crippen molar-refractivity contribution in [2.75, 3.05) is 18.0 Å². The molecule has 8 heteroatoms. The second kappa shape index (κ2) is 7.55. The van der Waals surface area contributed by atoms with Gasteiger partial charge in [-0.2, -0.15) is 0 Å². The summed E-state index contributed by atoms with van der Waals surface area (Å²) in [4.78, 5) is 24.8. The van der Waals surface area contributed by atoms with Gasteiger partial charge >= 0.3 is 0 Å². The molecule has 0 bridgehead atoms. The third kappa shape index (κ3) is 3.52. The van der Waals surface area contributed by atoms with Gasteiger partial charge in [-0.3, -0.25) is 9.78 Å². The van der Waals surface area contributed by atoms with Crippen LogP contribution in [0.2, 0.25) is 0 Å². The normalized spacial score (nSPS) is 17.5. The van der Waals surface area contributed by atoms with Crippen molar-refractivity contribution in [2.45, 2.75) is 49.8 Å². The number of anilines is 1. The van der Waals surface area contributed by atoms with Crippen molar-refractivity contribution in [3.05, 3.63) is 59.4 Å². The van der Waals surface area contributed by atoms with Crippen LogP contribution in [0.4, 0.5) is 5.82 Å². The van der Waals surface area contributed by atoms with Gasteiger partial charge in [0.25, 0.3) is 10.0 Å². The van der Waals surface area contributed by atoms with Crippen LogP contribution in [-0.2, 0) is 20.2 Å². The second-order valence-corrected chi connectivity index (χ2v) is 10.5. The molecular formula is C24H26N4O3S. The van der Waals surface area contributed by atoms with Gasteiger partial charge in [0.1, 0.15) is 5.82 Å². The van der Waals surface area contributed by atoms with E-state index in [1.165, 1.54) is 6.07 Å². The molecule has 1 N–H and O–H groups in total. The Morgan fingerprint density at radius 3 is 2.56 bits per heavy atom. The molecule has 0 radical (unpaired) electrons. The zero-order valence-electron chi connectivity index (χ0n) is 18.3.